The van der Waals surface area contributed by atoms with Crippen LogP contribution in [0.4, 0.5) is 0 Å². The summed E-state index contributed by atoms with van der Waals surface area (Å²) in [6.45, 7) is 0.608. The molecule has 7 heteroatoms. The van der Waals surface area contributed by atoms with E-state index < -0.39 is 0 Å². The van der Waals surface area contributed by atoms with Crippen LogP contribution in [0.3, 0.4) is 0 Å². The summed E-state index contributed by atoms with van der Waals surface area (Å²) < 4.78 is 9.20. The van der Waals surface area contributed by atoms with Crippen LogP contribution in [0.1, 0.15) is 5.69 Å². The molecule has 0 bridgehead atoms. The average Bonchev–Trinajstić information content (AvgIpc) is 3.56. The van der Waals surface area contributed by atoms with Crippen molar-refractivity contribution in [2.45, 2.75) is 6.54 Å². The lowest BCUT2D eigenvalue weighted by Gasteiger charge is -2.03. The maximum atomic E-state index is 5.23. The van der Waals surface area contributed by atoms with Crippen LogP contribution >= 0.6 is 0 Å². The number of rotatable bonds is 5. The molecule has 1 N–H and O–H groups in total. The van der Waals surface area contributed by atoms with E-state index in [9.17, 15) is 0 Å². The maximum Gasteiger partial charge on any atom is 0.140 e. The topological polar surface area (TPSA) is 73.5 Å². The first-order chi connectivity index (χ1) is 15.8. The van der Waals surface area contributed by atoms with Crippen molar-refractivity contribution >= 4 is 21.9 Å². The highest BCUT2D eigenvalue weighted by Gasteiger charge is 2.14. The normalized spacial score (nSPS) is 11.4. The molecule has 0 aliphatic heterocycles. The fourth-order valence-electron chi connectivity index (χ4n) is 4.05. The van der Waals surface area contributed by atoms with Crippen LogP contribution < -0.4 is 4.74 Å². The summed E-state index contributed by atoms with van der Waals surface area (Å²) in [6, 6.07) is 24.2. The second-order valence-corrected chi connectivity index (χ2v) is 7.64. The first-order valence-corrected chi connectivity index (χ1v) is 10.4. The van der Waals surface area contributed by atoms with E-state index in [-0.39, 0.29) is 0 Å². The lowest BCUT2D eigenvalue weighted by molar-refractivity contribution is 0.414. The number of hydrogen-bond donors (Lipinski definition) is 1. The minimum absolute atomic E-state index is 0.608. The number of benzene rings is 3. The molecule has 32 heavy (non-hydrogen) atoms. The van der Waals surface area contributed by atoms with Crippen LogP contribution in [0.2, 0.25) is 0 Å². The first kappa shape index (κ1) is 18.4. The number of hydrogen-bond acceptors (Lipinski definition) is 4. The third-order valence-corrected chi connectivity index (χ3v) is 5.64. The van der Waals surface area contributed by atoms with Crippen molar-refractivity contribution in [3.05, 3.63) is 90.9 Å². The summed E-state index contributed by atoms with van der Waals surface area (Å²) in [5, 5.41) is 9.84. The SMILES string of the molecule is COc1ccc(-n2cc(Cn3cc(-c4nc5ccccc5[nH]4)c4ccccc43)nn2)cc1. The van der Waals surface area contributed by atoms with Gasteiger partial charge in [-0.3, -0.25) is 0 Å². The van der Waals surface area contributed by atoms with Gasteiger partial charge in [0.15, 0.2) is 0 Å². The Labute approximate surface area is 183 Å². The molecule has 3 heterocycles. The van der Waals surface area contributed by atoms with Crippen molar-refractivity contribution in [3.63, 3.8) is 0 Å². The zero-order chi connectivity index (χ0) is 21.5. The lowest BCUT2D eigenvalue weighted by Crippen LogP contribution is -1.98. The highest BCUT2D eigenvalue weighted by Crippen LogP contribution is 2.30. The van der Waals surface area contributed by atoms with Gasteiger partial charge in [0, 0.05) is 22.7 Å². The summed E-state index contributed by atoms with van der Waals surface area (Å²) in [6.07, 6.45) is 4.09. The van der Waals surface area contributed by atoms with Crippen molar-refractivity contribution in [2.75, 3.05) is 7.11 Å². The molecule has 0 spiro atoms. The Morgan fingerprint density at radius 3 is 2.56 bits per heavy atom. The van der Waals surface area contributed by atoms with Gasteiger partial charge in [0.25, 0.3) is 0 Å². The molecule has 156 valence electrons. The largest absolute Gasteiger partial charge is 0.497 e. The van der Waals surface area contributed by atoms with Crippen LogP contribution in [0.25, 0.3) is 39.0 Å². The van der Waals surface area contributed by atoms with Gasteiger partial charge in [0.05, 0.1) is 36.6 Å². The van der Waals surface area contributed by atoms with Gasteiger partial charge in [-0.25, -0.2) is 9.67 Å². The van der Waals surface area contributed by atoms with E-state index in [1.54, 1.807) is 11.8 Å². The predicted molar refractivity (Wildman–Crippen MR) is 124 cm³/mol. The van der Waals surface area contributed by atoms with E-state index in [1.165, 1.54) is 0 Å². The first-order valence-electron chi connectivity index (χ1n) is 10.4. The smallest absolute Gasteiger partial charge is 0.140 e. The molecule has 3 aromatic heterocycles. The van der Waals surface area contributed by atoms with Crippen LogP contribution in [0.5, 0.6) is 5.75 Å². The molecule has 0 amide bonds. The molecule has 0 saturated carbocycles. The molecule has 0 aliphatic rings. The van der Waals surface area contributed by atoms with Crippen molar-refractivity contribution in [3.8, 4) is 22.8 Å². The number of H-pyrrole nitrogens is 1. The Morgan fingerprint density at radius 1 is 0.906 bits per heavy atom. The van der Waals surface area contributed by atoms with Gasteiger partial charge < -0.3 is 14.3 Å². The molecular weight excluding hydrogens is 400 g/mol. The molecule has 6 aromatic rings. The number of fused-ring (bicyclic) bond motifs is 2. The Kier molecular flexibility index (Phi) is 4.24. The maximum absolute atomic E-state index is 5.23. The molecule has 0 aliphatic carbocycles. The predicted octanol–water partition coefficient (Wildman–Crippen LogP) is 4.82. The summed E-state index contributed by atoms with van der Waals surface area (Å²) in [5.41, 5.74) is 5.99. The van der Waals surface area contributed by atoms with E-state index in [0.717, 1.165) is 50.5 Å². The number of aromatic nitrogens is 6. The standard InChI is InChI=1S/C25H20N6O/c1-32-19-12-10-18(11-13-19)31-15-17(28-29-31)14-30-16-21(20-6-2-5-9-24(20)30)25-26-22-7-3-4-8-23(22)27-25/h2-13,15-16H,14H2,1H3,(H,26,27). The third-order valence-electron chi connectivity index (χ3n) is 5.64. The Hall–Kier alpha value is -4.39. The van der Waals surface area contributed by atoms with Gasteiger partial charge >= 0.3 is 0 Å². The van der Waals surface area contributed by atoms with Crippen LogP contribution in [-0.4, -0.2) is 36.6 Å². The molecule has 0 radical (unpaired) electrons. The monoisotopic (exact) mass is 420 g/mol. The van der Waals surface area contributed by atoms with Gasteiger partial charge in [-0.15, -0.1) is 5.10 Å². The fraction of sp³-hybridized carbons (Fsp3) is 0.0800. The van der Waals surface area contributed by atoms with Crippen molar-refractivity contribution in [1.82, 2.24) is 29.5 Å². The quantitative estimate of drug-likeness (QED) is 0.434. The third kappa shape index (κ3) is 3.11. The van der Waals surface area contributed by atoms with Gasteiger partial charge in [-0.2, -0.15) is 0 Å². The van der Waals surface area contributed by atoms with E-state index in [2.05, 4.69) is 50.3 Å². The Morgan fingerprint density at radius 2 is 1.72 bits per heavy atom. The minimum Gasteiger partial charge on any atom is -0.497 e. The molecule has 0 atom stereocenters. The molecule has 3 aromatic carbocycles. The minimum atomic E-state index is 0.608. The van der Waals surface area contributed by atoms with E-state index >= 15 is 0 Å². The second kappa shape index (κ2) is 7.39. The Balaban J connectivity index is 1.37. The van der Waals surface area contributed by atoms with E-state index in [1.807, 2.05) is 54.7 Å². The zero-order valence-corrected chi connectivity index (χ0v) is 17.4. The number of nitrogens with zero attached hydrogens (tertiary/aromatic N) is 5. The molecule has 0 unspecified atom stereocenters. The van der Waals surface area contributed by atoms with Crippen molar-refractivity contribution < 1.29 is 4.74 Å². The zero-order valence-electron chi connectivity index (χ0n) is 17.4. The highest BCUT2D eigenvalue weighted by atomic mass is 16.5. The summed E-state index contributed by atoms with van der Waals surface area (Å²) in [4.78, 5) is 8.25. The van der Waals surface area contributed by atoms with E-state index in [0.29, 0.717) is 6.54 Å². The molecular formula is C25H20N6O. The highest BCUT2D eigenvalue weighted by molar-refractivity contribution is 5.96. The number of methoxy groups -OCH3 is 1. The lowest BCUT2D eigenvalue weighted by atomic mass is 10.2. The fourth-order valence-corrected chi connectivity index (χ4v) is 4.05. The second-order valence-electron chi connectivity index (χ2n) is 7.64. The van der Waals surface area contributed by atoms with Crippen LogP contribution in [0.15, 0.2) is 85.2 Å². The summed E-state index contributed by atoms with van der Waals surface area (Å²) in [7, 11) is 1.66. The molecule has 7 nitrogen and oxygen atoms in total. The van der Waals surface area contributed by atoms with Crippen LogP contribution in [-0.2, 0) is 6.54 Å². The average molecular weight is 420 g/mol. The van der Waals surface area contributed by atoms with E-state index in [4.69, 9.17) is 9.72 Å². The summed E-state index contributed by atoms with van der Waals surface area (Å²) >= 11 is 0. The van der Waals surface area contributed by atoms with Gasteiger partial charge in [0.1, 0.15) is 17.3 Å². The van der Waals surface area contributed by atoms with Crippen LogP contribution in [0, 0.1) is 0 Å². The van der Waals surface area contributed by atoms with Gasteiger partial charge in [0.2, 0.25) is 0 Å². The Bertz CT molecular complexity index is 1510. The van der Waals surface area contributed by atoms with Crippen molar-refractivity contribution in [1.29, 1.82) is 0 Å². The molecule has 0 fully saturated rings. The number of para-hydroxylation sites is 3. The molecule has 0 saturated heterocycles. The number of aromatic amines is 1. The number of imidazole rings is 1. The van der Waals surface area contributed by atoms with Crippen molar-refractivity contribution in [2.24, 2.45) is 0 Å². The van der Waals surface area contributed by atoms with Gasteiger partial charge in [-0.05, 0) is 42.5 Å². The molecule has 6 rings (SSSR count). The van der Waals surface area contributed by atoms with Gasteiger partial charge in [-0.1, -0.05) is 35.5 Å². The summed E-state index contributed by atoms with van der Waals surface area (Å²) in [5.74, 6) is 1.68. The number of ether oxygens (including phenoxy) is 1. The number of nitrogens with one attached hydrogen (secondary N) is 1.